The number of fused-ring (bicyclic) bond motifs is 1. The van der Waals surface area contributed by atoms with Crippen LogP contribution in [0.2, 0.25) is 0 Å². The first kappa shape index (κ1) is 26.9. The van der Waals surface area contributed by atoms with E-state index in [1.165, 1.54) is 12.7 Å². The van der Waals surface area contributed by atoms with E-state index in [1.54, 1.807) is 18.8 Å². The lowest BCUT2D eigenvalue weighted by Gasteiger charge is -2.37. The van der Waals surface area contributed by atoms with Crippen LogP contribution in [0.5, 0.6) is 5.75 Å². The highest BCUT2D eigenvalue weighted by molar-refractivity contribution is 5.81. The highest BCUT2D eigenvalue weighted by Gasteiger charge is 2.47. The molecule has 5 aromatic rings. The van der Waals surface area contributed by atoms with Crippen LogP contribution in [0, 0.1) is 0 Å². The summed E-state index contributed by atoms with van der Waals surface area (Å²) in [4.78, 5) is 12.6. The number of hydrogen-bond acceptors (Lipinski definition) is 9. The molecule has 10 heteroatoms. The zero-order valence-electron chi connectivity index (χ0n) is 22.7. The zero-order chi connectivity index (χ0) is 28.4. The number of ether oxygens (including phenoxy) is 4. The Morgan fingerprint density at radius 2 is 1.51 bits per heavy atom. The molecule has 3 aromatic carbocycles. The molecule has 210 valence electrons. The first-order chi connectivity index (χ1) is 20.1. The Morgan fingerprint density at radius 1 is 0.878 bits per heavy atom. The number of hydrogen-bond donors (Lipinski definition) is 2. The Balaban J connectivity index is 1.39. The molecule has 10 nitrogen and oxygen atoms in total. The van der Waals surface area contributed by atoms with E-state index in [-0.39, 0.29) is 12.4 Å². The number of anilines is 1. The van der Waals surface area contributed by atoms with Gasteiger partial charge < -0.3 is 29.8 Å². The van der Waals surface area contributed by atoms with Crippen LogP contribution in [0.1, 0.15) is 22.9 Å². The Kier molecular flexibility index (Phi) is 7.38. The molecule has 0 saturated carbocycles. The van der Waals surface area contributed by atoms with Gasteiger partial charge in [0, 0.05) is 7.11 Å². The van der Waals surface area contributed by atoms with Gasteiger partial charge in [-0.1, -0.05) is 72.8 Å². The fourth-order valence-electron chi connectivity index (χ4n) is 5.56. The number of nitrogens with zero attached hydrogens (tertiary/aromatic N) is 4. The van der Waals surface area contributed by atoms with E-state index in [9.17, 15) is 5.11 Å². The molecule has 41 heavy (non-hydrogen) atoms. The summed E-state index contributed by atoms with van der Waals surface area (Å²) in [6.45, 7) is 0.103. The molecule has 0 unspecified atom stereocenters. The molecule has 2 aromatic heterocycles. The maximum Gasteiger partial charge on any atom is 0.167 e. The number of nitrogens with two attached hydrogens (primary N) is 1. The first-order valence-electron chi connectivity index (χ1n) is 13.3. The number of imidazole rings is 1. The van der Waals surface area contributed by atoms with Gasteiger partial charge in [-0.15, -0.1) is 0 Å². The molecule has 4 atom stereocenters. The van der Waals surface area contributed by atoms with Gasteiger partial charge in [0.15, 0.2) is 17.7 Å². The van der Waals surface area contributed by atoms with Crippen molar-refractivity contribution in [3.05, 3.63) is 114 Å². The summed E-state index contributed by atoms with van der Waals surface area (Å²) in [5.41, 5.74) is 8.66. The molecule has 0 spiro atoms. The van der Waals surface area contributed by atoms with Crippen LogP contribution in [0.3, 0.4) is 0 Å². The average Bonchev–Trinajstić information content (AvgIpc) is 3.60. The molecule has 0 aliphatic carbocycles. The van der Waals surface area contributed by atoms with Crippen LogP contribution < -0.4 is 10.5 Å². The van der Waals surface area contributed by atoms with Gasteiger partial charge in [0.25, 0.3) is 0 Å². The third-order valence-corrected chi connectivity index (χ3v) is 7.56. The smallest absolute Gasteiger partial charge is 0.167 e. The van der Waals surface area contributed by atoms with Gasteiger partial charge in [0.2, 0.25) is 0 Å². The molecule has 6 rings (SSSR count). The van der Waals surface area contributed by atoms with Gasteiger partial charge in [0.05, 0.1) is 20.0 Å². The maximum absolute atomic E-state index is 11.3. The fraction of sp³-hybridized carbons (Fsp3) is 0.258. The summed E-state index contributed by atoms with van der Waals surface area (Å²) >= 11 is 0. The second-order valence-electron chi connectivity index (χ2n) is 9.79. The molecule has 1 fully saturated rings. The maximum atomic E-state index is 11.3. The predicted molar refractivity (Wildman–Crippen MR) is 152 cm³/mol. The summed E-state index contributed by atoms with van der Waals surface area (Å²) in [6, 6.07) is 27.9. The number of benzene rings is 3. The summed E-state index contributed by atoms with van der Waals surface area (Å²) in [5.74, 6) is 0.990. The van der Waals surface area contributed by atoms with E-state index >= 15 is 0 Å². The number of aliphatic hydroxyl groups is 1. The Labute approximate surface area is 237 Å². The van der Waals surface area contributed by atoms with Crippen molar-refractivity contribution in [3.63, 3.8) is 0 Å². The Hall–Kier alpha value is -4.35. The zero-order valence-corrected chi connectivity index (χ0v) is 22.7. The van der Waals surface area contributed by atoms with Gasteiger partial charge in [0.1, 0.15) is 41.5 Å². The number of rotatable bonds is 9. The van der Waals surface area contributed by atoms with E-state index in [0.717, 1.165) is 22.4 Å². The number of nitrogen functional groups attached to an aromatic ring is 1. The highest BCUT2D eigenvalue weighted by atomic mass is 16.6. The number of aromatic nitrogens is 4. The standard InChI is InChI=1S/C31H31N5O5/c1-38-23-15-13-22(14-16-23)31(20-9-5-3-6-10-20,21-11-7-4-8-12-21)40-17-24-27(39-2)26(37)30(41-24)36-19-35-25-28(32)33-18-34-29(25)36/h3-16,18-19,24,26-27,30,37H,17H2,1-2H3,(H2,32,33,34)/t24-,26-,27-,30-/m1/s1. The van der Waals surface area contributed by atoms with Crippen LogP contribution in [0.15, 0.2) is 97.6 Å². The summed E-state index contributed by atoms with van der Waals surface area (Å²) in [6.07, 6.45) is -0.259. The van der Waals surface area contributed by atoms with Crippen molar-refractivity contribution in [3.8, 4) is 5.75 Å². The lowest BCUT2D eigenvalue weighted by Crippen LogP contribution is -2.40. The summed E-state index contributed by atoms with van der Waals surface area (Å²) < 4.78 is 26.2. The molecule has 0 amide bonds. The van der Waals surface area contributed by atoms with Crippen molar-refractivity contribution in [2.45, 2.75) is 30.1 Å². The minimum atomic E-state index is -1.02. The van der Waals surface area contributed by atoms with E-state index in [0.29, 0.717) is 11.2 Å². The van der Waals surface area contributed by atoms with Crippen LogP contribution >= 0.6 is 0 Å². The van der Waals surface area contributed by atoms with Gasteiger partial charge in [-0.05, 0) is 28.8 Å². The largest absolute Gasteiger partial charge is 0.497 e. The van der Waals surface area contributed by atoms with Crippen LogP contribution in [-0.2, 0) is 19.8 Å². The Morgan fingerprint density at radius 3 is 2.12 bits per heavy atom. The van der Waals surface area contributed by atoms with Crippen LogP contribution in [-0.4, -0.2) is 63.8 Å². The minimum Gasteiger partial charge on any atom is -0.497 e. The summed E-state index contributed by atoms with van der Waals surface area (Å²) in [7, 11) is 3.19. The third kappa shape index (κ3) is 4.70. The van der Waals surface area contributed by atoms with Crippen LogP contribution in [0.25, 0.3) is 11.2 Å². The van der Waals surface area contributed by atoms with Gasteiger partial charge in [-0.25, -0.2) is 15.0 Å². The molecule has 0 bridgehead atoms. The Bertz CT molecular complexity index is 1560. The summed E-state index contributed by atoms with van der Waals surface area (Å²) in [5, 5.41) is 11.3. The van der Waals surface area contributed by atoms with Crippen LogP contribution in [0.4, 0.5) is 5.82 Å². The average molecular weight is 554 g/mol. The van der Waals surface area contributed by atoms with E-state index in [2.05, 4.69) is 15.0 Å². The monoisotopic (exact) mass is 553 g/mol. The predicted octanol–water partition coefficient (Wildman–Crippen LogP) is 3.70. The second-order valence-corrected chi connectivity index (χ2v) is 9.79. The van der Waals surface area contributed by atoms with Crippen molar-refractivity contribution in [1.29, 1.82) is 0 Å². The highest BCUT2D eigenvalue weighted by Crippen LogP contribution is 2.42. The van der Waals surface area contributed by atoms with Crippen molar-refractivity contribution in [2.24, 2.45) is 0 Å². The third-order valence-electron chi connectivity index (χ3n) is 7.56. The number of aliphatic hydroxyl groups excluding tert-OH is 1. The van der Waals surface area contributed by atoms with Crippen molar-refractivity contribution >= 4 is 17.0 Å². The quantitative estimate of drug-likeness (QED) is 0.263. The second kappa shape index (κ2) is 11.3. The van der Waals surface area contributed by atoms with E-state index in [4.69, 9.17) is 24.7 Å². The SMILES string of the molecule is COc1ccc(C(OC[C@H]2O[C@@H](n3cnc4c(N)ncnc43)[C@H](O)[C@@H]2OC)(c2ccccc2)c2ccccc2)cc1. The lowest BCUT2D eigenvalue weighted by atomic mass is 9.80. The fourth-order valence-corrected chi connectivity index (χ4v) is 5.56. The minimum absolute atomic E-state index is 0.103. The van der Waals surface area contributed by atoms with Gasteiger partial charge in [-0.2, -0.15) is 0 Å². The van der Waals surface area contributed by atoms with E-state index < -0.39 is 30.1 Å². The first-order valence-corrected chi connectivity index (χ1v) is 13.3. The van der Waals surface area contributed by atoms with Crippen molar-refractivity contribution in [1.82, 2.24) is 19.5 Å². The van der Waals surface area contributed by atoms with Crippen molar-refractivity contribution in [2.75, 3.05) is 26.6 Å². The topological polar surface area (TPSA) is 127 Å². The van der Waals surface area contributed by atoms with Crippen molar-refractivity contribution < 1.29 is 24.1 Å². The normalized spacial score (nSPS) is 20.9. The van der Waals surface area contributed by atoms with Gasteiger partial charge >= 0.3 is 0 Å². The molecule has 3 N–H and O–H groups in total. The molecule has 3 heterocycles. The molecule has 1 aliphatic heterocycles. The van der Waals surface area contributed by atoms with Gasteiger partial charge in [-0.3, -0.25) is 4.57 Å². The molecular formula is C31H31N5O5. The number of methoxy groups -OCH3 is 2. The molecule has 1 aliphatic rings. The molecule has 1 saturated heterocycles. The molecule has 0 radical (unpaired) electrons. The molecular weight excluding hydrogens is 522 g/mol. The van der Waals surface area contributed by atoms with E-state index in [1.807, 2.05) is 84.9 Å². The lowest BCUT2D eigenvalue weighted by molar-refractivity contribution is -0.0981.